The number of oxazole rings is 1. The molecule has 0 fully saturated rings. The van der Waals surface area contributed by atoms with Gasteiger partial charge in [0, 0.05) is 18.5 Å². The molecule has 128 valence electrons. The van der Waals surface area contributed by atoms with E-state index in [4.69, 9.17) is 4.42 Å². The summed E-state index contributed by atoms with van der Waals surface area (Å²) < 4.78 is 19.4. The first-order valence-electron chi connectivity index (χ1n) is 8.10. The van der Waals surface area contributed by atoms with Crippen LogP contribution >= 0.6 is 0 Å². The lowest BCUT2D eigenvalue weighted by atomic mass is 10.1. The van der Waals surface area contributed by atoms with Gasteiger partial charge in [-0.15, -0.1) is 0 Å². The van der Waals surface area contributed by atoms with Gasteiger partial charge >= 0.3 is 0 Å². The number of halogens is 1. The molecule has 0 bridgehead atoms. The van der Waals surface area contributed by atoms with Crippen molar-refractivity contribution in [2.75, 3.05) is 6.54 Å². The molecule has 0 saturated heterocycles. The summed E-state index contributed by atoms with van der Waals surface area (Å²) in [6.45, 7) is 4.19. The number of nitrogens with zero attached hydrogens (tertiary/aromatic N) is 1. The monoisotopic (exact) mass is 338 g/mol. The molecule has 0 saturated carbocycles. The minimum absolute atomic E-state index is 0.129. The van der Waals surface area contributed by atoms with Gasteiger partial charge in [-0.05, 0) is 38.1 Å². The number of hydrogen-bond acceptors (Lipinski definition) is 3. The lowest BCUT2D eigenvalue weighted by molar-refractivity contribution is 0.0954. The van der Waals surface area contributed by atoms with E-state index in [0.29, 0.717) is 35.5 Å². The van der Waals surface area contributed by atoms with E-state index in [1.165, 1.54) is 6.07 Å². The minimum Gasteiger partial charge on any atom is -0.441 e. The second kappa shape index (κ2) is 7.30. The van der Waals surface area contributed by atoms with Gasteiger partial charge in [0.2, 0.25) is 5.89 Å². The normalized spacial score (nSPS) is 10.7. The molecule has 1 amide bonds. The smallest absolute Gasteiger partial charge is 0.251 e. The maximum Gasteiger partial charge on any atom is 0.251 e. The van der Waals surface area contributed by atoms with Crippen LogP contribution < -0.4 is 5.32 Å². The largest absolute Gasteiger partial charge is 0.441 e. The maximum atomic E-state index is 13.8. The van der Waals surface area contributed by atoms with E-state index in [1.54, 1.807) is 37.3 Å². The lowest BCUT2D eigenvalue weighted by Gasteiger charge is -2.04. The van der Waals surface area contributed by atoms with Crippen molar-refractivity contribution in [3.63, 3.8) is 0 Å². The number of nitrogens with one attached hydrogen (secondary N) is 1. The van der Waals surface area contributed by atoms with Crippen LogP contribution in [0.2, 0.25) is 0 Å². The summed E-state index contributed by atoms with van der Waals surface area (Å²) in [5.41, 5.74) is 2.77. The molecule has 0 spiro atoms. The molecule has 25 heavy (non-hydrogen) atoms. The fourth-order valence-corrected chi connectivity index (χ4v) is 2.51. The quantitative estimate of drug-likeness (QED) is 0.763. The maximum absolute atomic E-state index is 13.8. The van der Waals surface area contributed by atoms with Gasteiger partial charge in [0.15, 0.2) is 0 Å². The summed E-state index contributed by atoms with van der Waals surface area (Å²) in [4.78, 5) is 16.5. The third-order valence-electron chi connectivity index (χ3n) is 3.96. The topological polar surface area (TPSA) is 55.1 Å². The van der Waals surface area contributed by atoms with E-state index in [-0.39, 0.29) is 17.6 Å². The van der Waals surface area contributed by atoms with Crippen molar-refractivity contribution in [2.45, 2.75) is 20.3 Å². The fourth-order valence-electron chi connectivity index (χ4n) is 2.51. The second-order valence-electron chi connectivity index (χ2n) is 5.87. The van der Waals surface area contributed by atoms with Gasteiger partial charge in [-0.3, -0.25) is 4.79 Å². The average Bonchev–Trinajstić information content (AvgIpc) is 2.96. The van der Waals surface area contributed by atoms with Gasteiger partial charge in [-0.1, -0.05) is 29.8 Å². The number of aromatic nitrogens is 1. The zero-order valence-corrected chi connectivity index (χ0v) is 14.2. The number of hydrogen-bond donors (Lipinski definition) is 1. The Bertz CT molecular complexity index is 885. The van der Waals surface area contributed by atoms with Crippen LogP contribution in [0.1, 0.15) is 27.4 Å². The first-order chi connectivity index (χ1) is 12.0. The Morgan fingerprint density at radius 2 is 1.84 bits per heavy atom. The Morgan fingerprint density at radius 3 is 2.56 bits per heavy atom. The Kier molecular flexibility index (Phi) is 4.93. The van der Waals surface area contributed by atoms with Crippen molar-refractivity contribution in [1.82, 2.24) is 10.3 Å². The number of carbonyl (C=O) groups is 1. The van der Waals surface area contributed by atoms with Crippen LogP contribution in [0, 0.1) is 19.7 Å². The van der Waals surface area contributed by atoms with E-state index >= 15 is 0 Å². The highest BCUT2D eigenvalue weighted by atomic mass is 19.1. The van der Waals surface area contributed by atoms with Gasteiger partial charge in [-0.2, -0.15) is 0 Å². The molecule has 3 aromatic rings. The Balaban J connectivity index is 1.63. The lowest BCUT2D eigenvalue weighted by Crippen LogP contribution is -2.25. The third kappa shape index (κ3) is 3.94. The predicted molar refractivity (Wildman–Crippen MR) is 93.9 cm³/mol. The molecule has 0 radical (unpaired) electrons. The van der Waals surface area contributed by atoms with Gasteiger partial charge < -0.3 is 9.73 Å². The van der Waals surface area contributed by atoms with Crippen molar-refractivity contribution >= 4 is 5.91 Å². The Labute approximate surface area is 145 Å². The summed E-state index contributed by atoms with van der Waals surface area (Å²) in [5.74, 6) is 0.386. The van der Waals surface area contributed by atoms with Crippen molar-refractivity contribution in [3.8, 4) is 11.5 Å². The summed E-state index contributed by atoms with van der Waals surface area (Å²) in [7, 11) is 0. The van der Waals surface area contributed by atoms with Crippen LogP contribution in [0.15, 0.2) is 52.9 Å². The zero-order valence-electron chi connectivity index (χ0n) is 14.2. The average molecular weight is 338 g/mol. The highest BCUT2D eigenvalue weighted by Gasteiger charge is 2.14. The molecule has 0 aliphatic carbocycles. The van der Waals surface area contributed by atoms with Crippen LogP contribution in [-0.4, -0.2) is 17.4 Å². The van der Waals surface area contributed by atoms with E-state index in [9.17, 15) is 9.18 Å². The molecule has 1 N–H and O–H groups in total. The van der Waals surface area contributed by atoms with Crippen molar-refractivity contribution in [3.05, 3.63) is 76.9 Å². The summed E-state index contributed by atoms with van der Waals surface area (Å²) in [5, 5.41) is 2.86. The molecular formula is C20H19FN2O2. The fraction of sp³-hybridized carbons (Fsp3) is 0.200. The molecule has 0 aliphatic heterocycles. The standard InChI is InChI=1S/C20H19FN2O2/c1-13-7-9-15(10-8-13)19(24)22-12-11-18-14(2)25-20(23-18)16-5-3-4-6-17(16)21/h3-10H,11-12H2,1-2H3,(H,22,24). The minimum atomic E-state index is -0.372. The predicted octanol–water partition coefficient (Wildman–Crippen LogP) is 4.07. The van der Waals surface area contributed by atoms with E-state index in [1.807, 2.05) is 19.1 Å². The molecule has 0 atom stereocenters. The molecule has 5 heteroatoms. The second-order valence-corrected chi connectivity index (χ2v) is 5.87. The number of benzene rings is 2. The molecular weight excluding hydrogens is 319 g/mol. The number of rotatable bonds is 5. The first-order valence-corrected chi connectivity index (χ1v) is 8.10. The molecule has 4 nitrogen and oxygen atoms in total. The Hall–Kier alpha value is -2.95. The van der Waals surface area contributed by atoms with Gasteiger partial charge in [0.25, 0.3) is 5.91 Å². The van der Waals surface area contributed by atoms with Crippen LogP contribution in [0.5, 0.6) is 0 Å². The van der Waals surface area contributed by atoms with Crippen molar-refractivity contribution < 1.29 is 13.6 Å². The first kappa shape index (κ1) is 16.9. The molecule has 0 unspecified atom stereocenters. The third-order valence-corrected chi connectivity index (χ3v) is 3.96. The molecule has 3 rings (SSSR count). The summed E-state index contributed by atoms with van der Waals surface area (Å²) in [6, 6.07) is 13.7. The van der Waals surface area contributed by atoms with Crippen LogP contribution in [0.3, 0.4) is 0 Å². The van der Waals surface area contributed by atoms with E-state index < -0.39 is 0 Å². The molecule has 1 aromatic heterocycles. The number of amides is 1. The molecule has 1 heterocycles. The summed E-state index contributed by atoms with van der Waals surface area (Å²) >= 11 is 0. The van der Waals surface area contributed by atoms with Crippen molar-refractivity contribution in [1.29, 1.82) is 0 Å². The van der Waals surface area contributed by atoms with Gasteiger partial charge in [0.1, 0.15) is 11.6 Å². The molecule has 0 aliphatic rings. The van der Waals surface area contributed by atoms with Crippen molar-refractivity contribution in [2.24, 2.45) is 0 Å². The van der Waals surface area contributed by atoms with Crippen LogP contribution in [0.4, 0.5) is 4.39 Å². The van der Waals surface area contributed by atoms with E-state index in [2.05, 4.69) is 10.3 Å². The SMILES string of the molecule is Cc1ccc(C(=O)NCCc2nc(-c3ccccc3F)oc2C)cc1. The zero-order chi connectivity index (χ0) is 17.8. The molecule has 2 aromatic carbocycles. The van der Waals surface area contributed by atoms with Crippen LogP contribution in [-0.2, 0) is 6.42 Å². The number of carbonyl (C=O) groups excluding carboxylic acids is 1. The highest BCUT2D eigenvalue weighted by Crippen LogP contribution is 2.24. The van der Waals surface area contributed by atoms with Crippen LogP contribution in [0.25, 0.3) is 11.5 Å². The number of aryl methyl sites for hydroxylation is 2. The van der Waals surface area contributed by atoms with Gasteiger partial charge in [-0.25, -0.2) is 9.37 Å². The summed E-state index contributed by atoms with van der Waals surface area (Å²) in [6.07, 6.45) is 0.515. The Morgan fingerprint density at radius 1 is 1.12 bits per heavy atom. The highest BCUT2D eigenvalue weighted by molar-refractivity contribution is 5.94. The van der Waals surface area contributed by atoms with E-state index in [0.717, 1.165) is 5.56 Å². The van der Waals surface area contributed by atoms with Gasteiger partial charge in [0.05, 0.1) is 11.3 Å².